The Hall–Kier alpha value is -3.74. The van der Waals surface area contributed by atoms with Gasteiger partial charge in [0.15, 0.2) is 17.3 Å². The normalized spacial score (nSPS) is 16.1. The van der Waals surface area contributed by atoms with E-state index < -0.39 is 6.04 Å². The second-order valence-electron chi connectivity index (χ2n) is 8.75. The molecular formula is C27H28N2O5. The van der Waals surface area contributed by atoms with Crippen molar-refractivity contribution in [1.29, 1.82) is 0 Å². The van der Waals surface area contributed by atoms with Gasteiger partial charge in [0, 0.05) is 12.6 Å². The number of rotatable bonds is 7. The average Bonchev–Trinajstić information content (AvgIpc) is 3.57. The summed E-state index contributed by atoms with van der Waals surface area (Å²) in [6, 6.07) is 17.6. The van der Waals surface area contributed by atoms with E-state index in [0.717, 1.165) is 36.8 Å². The molecule has 2 aromatic carbocycles. The van der Waals surface area contributed by atoms with Gasteiger partial charge in [-0.05, 0) is 48.2 Å². The Morgan fingerprint density at radius 2 is 1.74 bits per heavy atom. The lowest BCUT2D eigenvalue weighted by Crippen LogP contribution is -2.46. The molecule has 0 unspecified atom stereocenters. The maximum Gasteiger partial charge on any atom is 0.290 e. The summed E-state index contributed by atoms with van der Waals surface area (Å²) in [5.41, 5.74) is 1.58. The van der Waals surface area contributed by atoms with Crippen molar-refractivity contribution in [3.8, 4) is 11.5 Å². The minimum Gasteiger partial charge on any atom is -0.459 e. The van der Waals surface area contributed by atoms with Crippen molar-refractivity contribution in [2.45, 2.75) is 50.7 Å². The molecule has 1 aromatic heterocycles. The quantitative estimate of drug-likeness (QED) is 0.546. The summed E-state index contributed by atoms with van der Waals surface area (Å²) < 4.78 is 16.4. The maximum atomic E-state index is 13.7. The van der Waals surface area contributed by atoms with Crippen LogP contribution in [0.5, 0.6) is 11.5 Å². The van der Waals surface area contributed by atoms with Crippen molar-refractivity contribution >= 4 is 11.8 Å². The molecule has 34 heavy (non-hydrogen) atoms. The predicted molar refractivity (Wildman–Crippen MR) is 125 cm³/mol. The molecule has 7 heteroatoms. The van der Waals surface area contributed by atoms with E-state index in [1.165, 1.54) is 12.7 Å². The number of nitrogens with one attached hydrogen (secondary N) is 1. The highest BCUT2D eigenvalue weighted by Crippen LogP contribution is 2.34. The van der Waals surface area contributed by atoms with Crippen molar-refractivity contribution < 1.29 is 23.5 Å². The smallest absolute Gasteiger partial charge is 0.290 e. The summed E-state index contributed by atoms with van der Waals surface area (Å²) in [5, 5.41) is 3.22. The van der Waals surface area contributed by atoms with E-state index in [-0.39, 0.29) is 37.0 Å². The van der Waals surface area contributed by atoms with Crippen LogP contribution in [0.25, 0.3) is 0 Å². The third kappa shape index (κ3) is 4.78. The van der Waals surface area contributed by atoms with Crippen LogP contribution in [-0.4, -0.2) is 29.5 Å². The molecule has 3 aromatic rings. The number of nitrogens with zero attached hydrogens (tertiary/aromatic N) is 1. The highest BCUT2D eigenvalue weighted by molar-refractivity contribution is 5.96. The summed E-state index contributed by atoms with van der Waals surface area (Å²) in [7, 11) is 0. The van der Waals surface area contributed by atoms with Gasteiger partial charge in [0.2, 0.25) is 12.7 Å². The van der Waals surface area contributed by atoms with Crippen molar-refractivity contribution in [2.75, 3.05) is 6.79 Å². The molecule has 5 rings (SSSR count). The molecule has 1 saturated carbocycles. The largest absolute Gasteiger partial charge is 0.459 e. The van der Waals surface area contributed by atoms with Gasteiger partial charge in [-0.15, -0.1) is 0 Å². The van der Waals surface area contributed by atoms with E-state index in [0.29, 0.717) is 11.5 Å². The molecular weight excluding hydrogens is 432 g/mol. The third-order valence-corrected chi connectivity index (χ3v) is 6.41. The van der Waals surface area contributed by atoms with Crippen molar-refractivity contribution in [3.63, 3.8) is 0 Å². The highest BCUT2D eigenvalue weighted by Gasteiger charge is 2.34. The third-order valence-electron chi connectivity index (χ3n) is 6.41. The van der Waals surface area contributed by atoms with Gasteiger partial charge in [0.05, 0.1) is 6.26 Å². The zero-order valence-electron chi connectivity index (χ0n) is 18.9. The Balaban J connectivity index is 1.50. The van der Waals surface area contributed by atoms with Crippen LogP contribution >= 0.6 is 0 Å². The SMILES string of the molecule is O=C(NC1CCCCC1)[C@H](c1ccccc1)N(Cc1ccc2c(c1)OCO2)C(=O)c1ccco1. The van der Waals surface area contributed by atoms with Crippen LogP contribution in [-0.2, 0) is 11.3 Å². The lowest BCUT2D eigenvalue weighted by Gasteiger charge is -2.33. The molecule has 1 fully saturated rings. The summed E-state index contributed by atoms with van der Waals surface area (Å²) in [4.78, 5) is 28.9. The molecule has 176 valence electrons. The highest BCUT2D eigenvalue weighted by atomic mass is 16.7. The molecule has 2 amide bonds. The summed E-state index contributed by atoms with van der Waals surface area (Å²) >= 11 is 0. The molecule has 1 N–H and O–H groups in total. The van der Waals surface area contributed by atoms with Gasteiger partial charge >= 0.3 is 0 Å². The molecule has 1 atom stereocenters. The van der Waals surface area contributed by atoms with E-state index in [1.54, 1.807) is 17.0 Å². The minimum absolute atomic E-state index is 0.124. The van der Waals surface area contributed by atoms with Crippen LogP contribution in [0, 0.1) is 0 Å². The number of ether oxygens (including phenoxy) is 2. The first kappa shape index (κ1) is 22.1. The molecule has 7 nitrogen and oxygen atoms in total. The second kappa shape index (κ2) is 10.0. The number of amides is 2. The molecule has 2 aliphatic rings. The van der Waals surface area contributed by atoms with E-state index in [2.05, 4.69) is 5.32 Å². The van der Waals surface area contributed by atoms with E-state index in [4.69, 9.17) is 13.9 Å². The first-order chi connectivity index (χ1) is 16.7. The molecule has 2 heterocycles. The fraction of sp³-hybridized carbons (Fsp3) is 0.333. The Morgan fingerprint density at radius 3 is 2.50 bits per heavy atom. The van der Waals surface area contributed by atoms with Crippen LogP contribution in [0.1, 0.15) is 59.8 Å². The fourth-order valence-electron chi connectivity index (χ4n) is 4.69. The second-order valence-corrected chi connectivity index (χ2v) is 8.75. The Morgan fingerprint density at radius 1 is 0.941 bits per heavy atom. The molecule has 0 spiro atoms. The van der Waals surface area contributed by atoms with E-state index in [1.807, 2.05) is 48.5 Å². The maximum absolute atomic E-state index is 13.7. The van der Waals surface area contributed by atoms with Gasteiger partial charge in [-0.3, -0.25) is 9.59 Å². The summed E-state index contributed by atoms with van der Waals surface area (Å²) in [6.45, 7) is 0.373. The molecule has 1 aliphatic carbocycles. The Labute approximate surface area is 198 Å². The van der Waals surface area contributed by atoms with Gasteiger partial charge in [-0.25, -0.2) is 0 Å². The van der Waals surface area contributed by atoms with E-state index in [9.17, 15) is 9.59 Å². The number of furan rings is 1. The lowest BCUT2D eigenvalue weighted by molar-refractivity contribution is -0.127. The number of fused-ring (bicyclic) bond motifs is 1. The zero-order chi connectivity index (χ0) is 23.3. The Bertz CT molecular complexity index is 1120. The summed E-state index contributed by atoms with van der Waals surface area (Å²) in [6.07, 6.45) is 6.79. The Kier molecular flexibility index (Phi) is 6.51. The molecule has 1 aliphatic heterocycles. The minimum atomic E-state index is -0.814. The van der Waals surface area contributed by atoms with Crippen LogP contribution in [0.2, 0.25) is 0 Å². The first-order valence-electron chi connectivity index (χ1n) is 11.8. The summed E-state index contributed by atoms with van der Waals surface area (Å²) in [5.74, 6) is 0.953. The number of hydrogen-bond acceptors (Lipinski definition) is 5. The number of hydrogen-bond donors (Lipinski definition) is 1. The van der Waals surface area contributed by atoms with Crippen molar-refractivity contribution in [1.82, 2.24) is 10.2 Å². The van der Waals surface area contributed by atoms with Gasteiger partial charge in [-0.1, -0.05) is 55.7 Å². The first-order valence-corrected chi connectivity index (χ1v) is 11.8. The number of carbonyl (C=O) groups excluding carboxylic acids is 2. The number of benzene rings is 2. The predicted octanol–water partition coefficient (Wildman–Crippen LogP) is 4.84. The van der Waals surface area contributed by atoms with Crippen molar-refractivity contribution in [2.24, 2.45) is 0 Å². The van der Waals surface area contributed by atoms with Crippen LogP contribution < -0.4 is 14.8 Å². The molecule has 0 bridgehead atoms. The topological polar surface area (TPSA) is 81.0 Å². The molecule has 0 saturated heterocycles. The molecule has 0 radical (unpaired) electrons. The monoisotopic (exact) mass is 460 g/mol. The number of carbonyl (C=O) groups is 2. The van der Waals surface area contributed by atoms with Crippen molar-refractivity contribution in [3.05, 3.63) is 83.8 Å². The van der Waals surface area contributed by atoms with Gasteiger partial charge < -0.3 is 24.1 Å². The lowest BCUT2D eigenvalue weighted by atomic mass is 9.94. The van der Waals surface area contributed by atoms with E-state index >= 15 is 0 Å². The zero-order valence-corrected chi connectivity index (χ0v) is 18.9. The fourth-order valence-corrected chi connectivity index (χ4v) is 4.69. The average molecular weight is 461 g/mol. The van der Waals surface area contributed by atoms with Gasteiger partial charge in [0.25, 0.3) is 5.91 Å². The van der Waals surface area contributed by atoms with Crippen LogP contribution in [0.3, 0.4) is 0 Å². The standard InChI is InChI=1S/C27H28N2O5/c30-26(28-21-10-5-2-6-11-21)25(20-8-3-1-4-9-20)29(27(31)23-12-7-15-32-23)17-19-13-14-22-24(16-19)34-18-33-22/h1,3-4,7-9,12-16,21,25H,2,5-6,10-11,17-18H2,(H,28,30)/t25-/m0/s1. The van der Waals surface area contributed by atoms with Gasteiger partial charge in [0.1, 0.15) is 6.04 Å². The van der Waals surface area contributed by atoms with Crippen LogP contribution in [0.4, 0.5) is 0 Å². The van der Waals surface area contributed by atoms with Crippen LogP contribution in [0.15, 0.2) is 71.3 Å². The van der Waals surface area contributed by atoms with Gasteiger partial charge in [-0.2, -0.15) is 0 Å².